The molecule has 6 nitrogen and oxygen atoms in total. The number of nitrogens with zero attached hydrogens (tertiary/aromatic N) is 3. The molecular weight excluding hydrogens is 438 g/mol. The summed E-state index contributed by atoms with van der Waals surface area (Å²) in [5, 5.41) is 10.8. The molecule has 7 heteroatoms. The van der Waals surface area contributed by atoms with E-state index in [1.54, 1.807) is 24.4 Å². The second-order valence-corrected chi connectivity index (χ2v) is 7.73. The largest absolute Gasteiger partial charge is 0.504 e. The Morgan fingerprint density at radius 1 is 1.06 bits per heavy atom. The first-order chi connectivity index (χ1) is 16.1. The number of aromatic nitrogens is 2. The standard InChI is InChI=1S/C26H20ClN3O3/c1-2-32-23-15-18(8-12-21(23)31)25-26(30-14-4-3-5-24(30)29-25)28-16-20-11-13-22(33-20)17-6-9-19(27)10-7-17/h3-16,31H,2H2,1H3/b28-16+. The molecule has 2 aromatic carbocycles. The molecule has 0 fully saturated rings. The van der Waals surface area contributed by atoms with Crippen molar-refractivity contribution in [2.24, 2.45) is 4.99 Å². The van der Waals surface area contributed by atoms with E-state index < -0.39 is 0 Å². The summed E-state index contributed by atoms with van der Waals surface area (Å²) in [4.78, 5) is 9.47. The molecule has 3 aromatic heterocycles. The van der Waals surface area contributed by atoms with Crippen molar-refractivity contribution in [3.63, 3.8) is 0 Å². The monoisotopic (exact) mass is 457 g/mol. The van der Waals surface area contributed by atoms with Crippen LogP contribution in [-0.4, -0.2) is 27.3 Å². The predicted octanol–water partition coefficient (Wildman–Crippen LogP) is 6.77. The zero-order valence-corrected chi connectivity index (χ0v) is 18.5. The van der Waals surface area contributed by atoms with Gasteiger partial charge in [0.2, 0.25) is 0 Å². The summed E-state index contributed by atoms with van der Waals surface area (Å²) in [7, 11) is 0. The summed E-state index contributed by atoms with van der Waals surface area (Å²) in [5.74, 6) is 2.47. The van der Waals surface area contributed by atoms with Gasteiger partial charge in [-0.25, -0.2) is 9.98 Å². The van der Waals surface area contributed by atoms with E-state index in [0.717, 1.165) is 22.5 Å². The number of hydrogen-bond acceptors (Lipinski definition) is 5. The highest BCUT2D eigenvalue weighted by Gasteiger charge is 2.15. The number of fused-ring (bicyclic) bond motifs is 1. The predicted molar refractivity (Wildman–Crippen MR) is 130 cm³/mol. The van der Waals surface area contributed by atoms with Crippen LogP contribution in [0.3, 0.4) is 0 Å². The Hall–Kier alpha value is -4.03. The molecule has 0 saturated heterocycles. The van der Waals surface area contributed by atoms with Crippen LogP contribution >= 0.6 is 11.6 Å². The third kappa shape index (κ3) is 4.21. The SMILES string of the molecule is CCOc1cc(-c2nc3ccccn3c2/N=C/c2ccc(-c3ccc(Cl)cc3)o2)ccc1O. The minimum atomic E-state index is 0.0831. The van der Waals surface area contributed by atoms with Crippen LogP contribution in [0.25, 0.3) is 28.2 Å². The minimum Gasteiger partial charge on any atom is -0.504 e. The van der Waals surface area contributed by atoms with Gasteiger partial charge in [-0.05, 0) is 73.7 Å². The van der Waals surface area contributed by atoms with Crippen LogP contribution in [-0.2, 0) is 0 Å². The van der Waals surface area contributed by atoms with Crippen molar-refractivity contribution in [3.05, 3.63) is 89.8 Å². The zero-order chi connectivity index (χ0) is 22.8. The highest BCUT2D eigenvalue weighted by molar-refractivity contribution is 6.30. The second kappa shape index (κ2) is 8.84. The summed E-state index contributed by atoms with van der Waals surface area (Å²) < 4.78 is 13.4. The van der Waals surface area contributed by atoms with Crippen molar-refractivity contribution < 1.29 is 14.3 Å². The molecule has 1 N–H and O–H groups in total. The van der Waals surface area contributed by atoms with Gasteiger partial charge >= 0.3 is 0 Å². The minimum absolute atomic E-state index is 0.0831. The number of phenols is 1. The van der Waals surface area contributed by atoms with Crippen LogP contribution in [0, 0.1) is 0 Å². The second-order valence-electron chi connectivity index (χ2n) is 7.30. The first-order valence-corrected chi connectivity index (χ1v) is 10.8. The van der Waals surface area contributed by atoms with Crippen molar-refractivity contribution in [3.8, 4) is 34.1 Å². The van der Waals surface area contributed by atoms with Gasteiger partial charge in [-0.1, -0.05) is 17.7 Å². The number of ether oxygens (including phenoxy) is 1. The number of hydrogen-bond donors (Lipinski definition) is 1. The first kappa shape index (κ1) is 20.8. The fraction of sp³-hybridized carbons (Fsp3) is 0.0769. The summed E-state index contributed by atoms with van der Waals surface area (Å²) in [6.45, 7) is 2.32. The molecule has 0 spiro atoms. The van der Waals surface area contributed by atoms with Gasteiger partial charge in [-0.3, -0.25) is 4.40 Å². The molecule has 0 aliphatic heterocycles. The number of pyridine rings is 1. The third-order valence-electron chi connectivity index (χ3n) is 5.11. The summed E-state index contributed by atoms with van der Waals surface area (Å²) in [6.07, 6.45) is 3.58. The van der Waals surface area contributed by atoms with Crippen LogP contribution in [0.15, 0.2) is 88.4 Å². The van der Waals surface area contributed by atoms with Crippen LogP contribution in [0.5, 0.6) is 11.5 Å². The summed E-state index contributed by atoms with van der Waals surface area (Å²) in [6, 6.07) is 22.2. The molecule has 0 unspecified atom stereocenters. The molecule has 0 radical (unpaired) electrons. The average Bonchev–Trinajstić information content (AvgIpc) is 3.45. The van der Waals surface area contributed by atoms with E-state index in [1.807, 2.05) is 72.1 Å². The Bertz CT molecular complexity index is 1450. The van der Waals surface area contributed by atoms with Crippen LogP contribution in [0.2, 0.25) is 5.02 Å². The highest BCUT2D eigenvalue weighted by Crippen LogP contribution is 2.36. The number of aromatic hydroxyl groups is 1. The van der Waals surface area contributed by atoms with Crippen molar-refractivity contribution in [2.75, 3.05) is 6.61 Å². The van der Waals surface area contributed by atoms with E-state index in [4.69, 9.17) is 30.7 Å². The van der Waals surface area contributed by atoms with E-state index in [1.165, 1.54) is 0 Å². The normalized spacial score (nSPS) is 11.5. The topological polar surface area (TPSA) is 72.3 Å². The van der Waals surface area contributed by atoms with Crippen LogP contribution in [0.1, 0.15) is 12.7 Å². The van der Waals surface area contributed by atoms with Crippen molar-refractivity contribution in [1.29, 1.82) is 0 Å². The van der Waals surface area contributed by atoms with Gasteiger partial charge in [0.15, 0.2) is 17.3 Å². The van der Waals surface area contributed by atoms with Gasteiger partial charge in [0.25, 0.3) is 0 Å². The molecule has 33 heavy (non-hydrogen) atoms. The van der Waals surface area contributed by atoms with E-state index in [-0.39, 0.29) is 5.75 Å². The highest BCUT2D eigenvalue weighted by atomic mass is 35.5. The van der Waals surface area contributed by atoms with Gasteiger partial charge < -0.3 is 14.3 Å². The lowest BCUT2D eigenvalue weighted by Crippen LogP contribution is -1.92. The average molecular weight is 458 g/mol. The maximum Gasteiger partial charge on any atom is 0.165 e. The molecule has 0 bridgehead atoms. The Balaban J connectivity index is 1.54. The van der Waals surface area contributed by atoms with Gasteiger partial charge in [0.05, 0.1) is 12.8 Å². The lowest BCUT2D eigenvalue weighted by Gasteiger charge is -2.07. The fourth-order valence-electron chi connectivity index (χ4n) is 3.55. The molecule has 0 amide bonds. The zero-order valence-electron chi connectivity index (χ0n) is 17.8. The molecule has 0 aliphatic rings. The Kier molecular flexibility index (Phi) is 5.59. The molecule has 5 aromatic rings. The van der Waals surface area contributed by atoms with E-state index in [2.05, 4.69) is 0 Å². The molecular formula is C26H20ClN3O3. The maximum absolute atomic E-state index is 10.1. The van der Waals surface area contributed by atoms with E-state index in [9.17, 15) is 5.11 Å². The van der Waals surface area contributed by atoms with E-state index in [0.29, 0.717) is 34.7 Å². The lowest BCUT2D eigenvalue weighted by molar-refractivity contribution is 0.318. The molecule has 5 rings (SSSR count). The number of furan rings is 1. The number of imidazole rings is 1. The first-order valence-electron chi connectivity index (χ1n) is 10.5. The van der Waals surface area contributed by atoms with Crippen molar-refractivity contribution in [2.45, 2.75) is 6.92 Å². The van der Waals surface area contributed by atoms with Crippen LogP contribution < -0.4 is 4.74 Å². The molecule has 164 valence electrons. The van der Waals surface area contributed by atoms with Gasteiger partial charge in [-0.2, -0.15) is 0 Å². The number of benzene rings is 2. The molecule has 0 saturated carbocycles. The summed E-state index contributed by atoms with van der Waals surface area (Å²) >= 11 is 5.98. The van der Waals surface area contributed by atoms with E-state index >= 15 is 0 Å². The number of halogens is 1. The quantitative estimate of drug-likeness (QED) is 0.285. The number of phenolic OH excluding ortho intramolecular Hbond substituents is 1. The lowest BCUT2D eigenvalue weighted by atomic mass is 10.1. The number of rotatable bonds is 6. The van der Waals surface area contributed by atoms with Gasteiger partial charge in [0, 0.05) is 22.3 Å². The molecule has 0 atom stereocenters. The van der Waals surface area contributed by atoms with Crippen LogP contribution in [0.4, 0.5) is 5.82 Å². The fourth-order valence-corrected chi connectivity index (χ4v) is 3.67. The maximum atomic E-state index is 10.1. The Morgan fingerprint density at radius 3 is 2.70 bits per heavy atom. The summed E-state index contributed by atoms with van der Waals surface area (Å²) in [5.41, 5.74) is 3.14. The van der Waals surface area contributed by atoms with Crippen molar-refractivity contribution in [1.82, 2.24) is 9.38 Å². The smallest absolute Gasteiger partial charge is 0.165 e. The van der Waals surface area contributed by atoms with Crippen molar-refractivity contribution >= 4 is 29.3 Å². The van der Waals surface area contributed by atoms with Gasteiger partial charge in [0.1, 0.15) is 22.9 Å². The molecule has 0 aliphatic carbocycles. The Labute approximate surface area is 195 Å². The number of aliphatic imine (C=N–C) groups is 1. The third-order valence-corrected chi connectivity index (χ3v) is 5.36. The Morgan fingerprint density at radius 2 is 1.88 bits per heavy atom. The molecule has 3 heterocycles. The van der Waals surface area contributed by atoms with Gasteiger partial charge in [-0.15, -0.1) is 0 Å².